The van der Waals surface area contributed by atoms with Gasteiger partial charge in [-0.05, 0) is 26.7 Å². The molecule has 0 spiro atoms. The Morgan fingerprint density at radius 2 is 2.05 bits per heavy atom. The molecule has 0 unspecified atom stereocenters. The number of hydrogen-bond donors (Lipinski definition) is 2. The van der Waals surface area contributed by atoms with E-state index in [2.05, 4.69) is 11.9 Å². The van der Waals surface area contributed by atoms with Gasteiger partial charge in [0.1, 0.15) is 0 Å². The summed E-state index contributed by atoms with van der Waals surface area (Å²) in [5, 5.41) is 12.2. The molecule has 1 aliphatic rings. The predicted molar refractivity (Wildman–Crippen MR) is 75.6 cm³/mol. The summed E-state index contributed by atoms with van der Waals surface area (Å²) in [6.45, 7) is 8.85. The van der Waals surface area contributed by atoms with Crippen molar-refractivity contribution in [2.75, 3.05) is 26.3 Å². The molecule has 0 radical (unpaired) electrons. The number of carbonyl (C=O) groups is 2. The lowest BCUT2D eigenvalue weighted by molar-refractivity contribution is -0.154. The number of nitrogens with one attached hydrogen (secondary N) is 1. The van der Waals surface area contributed by atoms with Gasteiger partial charge in [-0.2, -0.15) is 0 Å². The fourth-order valence-electron chi connectivity index (χ4n) is 2.24. The van der Waals surface area contributed by atoms with Gasteiger partial charge in [-0.25, -0.2) is 4.79 Å². The third kappa shape index (κ3) is 3.96. The monoisotopic (exact) mass is 284 g/mol. The van der Waals surface area contributed by atoms with E-state index in [1.807, 2.05) is 13.8 Å². The van der Waals surface area contributed by atoms with Crippen molar-refractivity contribution in [1.82, 2.24) is 10.2 Å². The molecule has 6 heteroatoms. The average molecular weight is 284 g/mol. The lowest BCUT2D eigenvalue weighted by Gasteiger charge is -2.34. The van der Waals surface area contributed by atoms with Gasteiger partial charge in [0, 0.05) is 32.3 Å². The SMILES string of the molecule is C=CCN(C(=O)NCC1(C(=O)O)CCOCC1)C(C)C. The summed E-state index contributed by atoms with van der Waals surface area (Å²) in [5.41, 5.74) is -0.912. The molecule has 0 bridgehead atoms. The van der Waals surface area contributed by atoms with Crippen LogP contribution in [0.5, 0.6) is 0 Å². The molecule has 1 saturated heterocycles. The number of carbonyl (C=O) groups excluding carboxylic acids is 1. The minimum atomic E-state index is -0.912. The van der Waals surface area contributed by atoms with Crippen LogP contribution in [0.3, 0.4) is 0 Å². The maximum Gasteiger partial charge on any atom is 0.317 e. The molecular weight excluding hydrogens is 260 g/mol. The van der Waals surface area contributed by atoms with E-state index in [1.165, 1.54) is 0 Å². The summed E-state index contributed by atoms with van der Waals surface area (Å²) in [5.74, 6) is -0.874. The Morgan fingerprint density at radius 3 is 2.50 bits per heavy atom. The molecule has 0 aliphatic carbocycles. The number of urea groups is 1. The zero-order chi connectivity index (χ0) is 15.2. The third-order valence-electron chi connectivity index (χ3n) is 3.69. The van der Waals surface area contributed by atoms with Crippen molar-refractivity contribution in [3.05, 3.63) is 12.7 Å². The van der Waals surface area contributed by atoms with Crippen molar-refractivity contribution in [1.29, 1.82) is 0 Å². The second-order valence-corrected chi connectivity index (χ2v) is 5.39. The van der Waals surface area contributed by atoms with Gasteiger partial charge >= 0.3 is 12.0 Å². The minimum absolute atomic E-state index is 0.0310. The van der Waals surface area contributed by atoms with Crippen LogP contribution < -0.4 is 5.32 Å². The summed E-state index contributed by atoms with van der Waals surface area (Å²) < 4.78 is 5.21. The van der Waals surface area contributed by atoms with Crippen LogP contribution in [-0.4, -0.2) is 54.4 Å². The molecule has 20 heavy (non-hydrogen) atoms. The second-order valence-electron chi connectivity index (χ2n) is 5.39. The van der Waals surface area contributed by atoms with Crippen molar-refractivity contribution in [3.8, 4) is 0 Å². The molecule has 6 nitrogen and oxygen atoms in total. The lowest BCUT2D eigenvalue weighted by atomic mass is 9.80. The molecule has 0 aromatic carbocycles. The highest BCUT2D eigenvalue weighted by atomic mass is 16.5. The largest absolute Gasteiger partial charge is 0.481 e. The normalized spacial score (nSPS) is 17.6. The third-order valence-corrected chi connectivity index (χ3v) is 3.69. The van der Waals surface area contributed by atoms with Gasteiger partial charge in [-0.3, -0.25) is 4.79 Å². The van der Waals surface area contributed by atoms with Gasteiger partial charge < -0.3 is 20.1 Å². The number of aliphatic carboxylic acids is 1. The first-order valence-corrected chi connectivity index (χ1v) is 6.89. The highest BCUT2D eigenvalue weighted by Gasteiger charge is 2.40. The Bertz CT molecular complexity index is 362. The first-order chi connectivity index (χ1) is 9.43. The van der Waals surface area contributed by atoms with E-state index in [0.29, 0.717) is 32.6 Å². The van der Waals surface area contributed by atoms with Crippen LogP contribution in [-0.2, 0) is 9.53 Å². The molecule has 2 amide bonds. The Labute approximate surface area is 119 Å². The van der Waals surface area contributed by atoms with Crippen molar-refractivity contribution in [2.24, 2.45) is 5.41 Å². The average Bonchev–Trinajstić information content (AvgIpc) is 2.42. The highest BCUT2D eigenvalue weighted by Crippen LogP contribution is 2.30. The van der Waals surface area contributed by atoms with Gasteiger partial charge in [-0.1, -0.05) is 6.08 Å². The van der Waals surface area contributed by atoms with Crippen LogP contribution >= 0.6 is 0 Å². The number of carboxylic acids is 1. The number of nitrogens with zero attached hydrogens (tertiary/aromatic N) is 1. The summed E-state index contributed by atoms with van der Waals surface area (Å²) in [4.78, 5) is 25.2. The Hall–Kier alpha value is -1.56. The van der Waals surface area contributed by atoms with Gasteiger partial charge in [0.2, 0.25) is 0 Å². The summed E-state index contributed by atoms with van der Waals surface area (Å²) in [6.07, 6.45) is 2.50. The zero-order valence-corrected chi connectivity index (χ0v) is 12.2. The standard InChI is InChI=1S/C14H24N2O4/c1-4-7-16(11(2)3)13(19)15-10-14(12(17)18)5-8-20-9-6-14/h4,11H,1,5-10H2,2-3H3,(H,15,19)(H,17,18). The summed E-state index contributed by atoms with van der Waals surface area (Å²) in [7, 11) is 0. The zero-order valence-electron chi connectivity index (χ0n) is 12.2. The molecule has 0 aromatic heterocycles. The summed E-state index contributed by atoms with van der Waals surface area (Å²) >= 11 is 0. The maximum absolute atomic E-state index is 12.1. The van der Waals surface area contributed by atoms with Crippen molar-refractivity contribution < 1.29 is 19.4 Å². The smallest absolute Gasteiger partial charge is 0.317 e. The summed E-state index contributed by atoms with van der Waals surface area (Å²) in [6, 6.07) is -0.226. The van der Waals surface area contributed by atoms with Gasteiger partial charge in [0.25, 0.3) is 0 Å². The van der Waals surface area contributed by atoms with Crippen molar-refractivity contribution in [2.45, 2.75) is 32.7 Å². The van der Waals surface area contributed by atoms with Crippen molar-refractivity contribution in [3.63, 3.8) is 0 Å². The van der Waals surface area contributed by atoms with Gasteiger partial charge in [0.05, 0.1) is 5.41 Å². The first-order valence-electron chi connectivity index (χ1n) is 6.89. The molecule has 114 valence electrons. The van der Waals surface area contributed by atoms with E-state index in [-0.39, 0.29) is 18.6 Å². The van der Waals surface area contributed by atoms with E-state index in [1.54, 1.807) is 11.0 Å². The number of rotatable bonds is 6. The Morgan fingerprint density at radius 1 is 1.45 bits per heavy atom. The second kappa shape index (κ2) is 7.28. The van der Waals surface area contributed by atoms with E-state index in [0.717, 1.165) is 0 Å². The van der Waals surface area contributed by atoms with Crippen LogP contribution in [0.2, 0.25) is 0 Å². The lowest BCUT2D eigenvalue weighted by Crippen LogP contribution is -2.51. The topological polar surface area (TPSA) is 78.9 Å². The molecule has 1 fully saturated rings. The number of hydrogen-bond acceptors (Lipinski definition) is 3. The van der Waals surface area contributed by atoms with Crippen LogP contribution in [0.15, 0.2) is 12.7 Å². The molecule has 0 aromatic rings. The maximum atomic E-state index is 12.1. The number of ether oxygens (including phenoxy) is 1. The van der Waals surface area contributed by atoms with E-state index < -0.39 is 11.4 Å². The van der Waals surface area contributed by atoms with Crippen LogP contribution in [0.4, 0.5) is 4.79 Å². The molecular formula is C14H24N2O4. The number of amides is 2. The molecule has 1 rings (SSSR count). The molecule has 2 N–H and O–H groups in total. The van der Waals surface area contributed by atoms with Crippen LogP contribution in [0.25, 0.3) is 0 Å². The van der Waals surface area contributed by atoms with Gasteiger partial charge in [0.15, 0.2) is 0 Å². The van der Waals surface area contributed by atoms with Crippen LogP contribution in [0, 0.1) is 5.41 Å². The number of carboxylic acid groups (broad SMARTS) is 1. The molecule has 0 atom stereocenters. The minimum Gasteiger partial charge on any atom is -0.481 e. The van der Waals surface area contributed by atoms with Gasteiger partial charge in [-0.15, -0.1) is 6.58 Å². The Balaban J connectivity index is 2.64. The molecule has 1 heterocycles. The first kappa shape index (κ1) is 16.5. The van der Waals surface area contributed by atoms with Crippen LogP contribution in [0.1, 0.15) is 26.7 Å². The predicted octanol–water partition coefficient (Wildman–Crippen LogP) is 1.47. The van der Waals surface area contributed by atoms with E-state index in [9.17, 15) is 14.7 Å². The quantitative estimate of drug-likeness (QED) is 0.724. The van der Waals surface area contributed by atoms with Crippen molar-refractivity contribution >= 4 is 12.0 Å². The molecule has 0 saturated carbocycles. The fourth-order valence-corrected chi connectivity index (χ4v) is 2.24. The fraction of sp³-hybridized carbons (Fsp3) is 0.714. The van der Waals surface area contributed by atoms with E-state index in [4.69, 9.17) is 4.74 Å². The molecule has 1 aliphatic heterocycles. The van der Waals surface area contributed by atoms with E-state index >= 15 is 0 Å². The Kier molecular flexibility index (Phi) is 6.01. The highest BCUT2D eigenvalue weighted by molar-refractivity contribution is 5.78.